The Hall–Kier alpha value is -3.00. The maximum absolute atomic E-state index is 12.0. The van der Waals surface area contributed by atoms with Gasteiger partial charge in [0.15, 0.2) is 0 Å². The summed E-state index contributed by atoms with van der Waals surface area (Å²) in [6.45, 7) is 0.403. The molecule has 0 spiro atoms. The Morgan fingerprint density at radius 2 is 1.66 bits per heavy atom. The summed E-state index contributed by atoms with van der Waals surface area (Å²) in [6.07, 6.45) is 0.817. The first-order valence-electron chi connectivity index (χ1n) is 9.10. The predicted octanol–water partition coefficient (Wildman–Crippen LogP) is 3.62. The maximum Gasteiger partial charge on any atom is 0.285 e. The fourth-order valence-corrected chi connectivity index (χ4v) is 2.97. The van der Waals surface area contributed by atoms with Gasteiger partial charge in [0, 0.05) is 43.2 Å². The van der Waals surface area contributed by atoms with Crippen LogP contribution in [0.4, 0.5) is 10.5 Å². The molecule has 0 heterocycles. The van der Waals surface area contributed by atoms with Gasteiger partial charge in [0.2, 0.25) is 5.91 Å². The fourth-order valence-electron chi connectivity index (χ4n) is 2.32. The highest BCUT2D eigenvalue weighted by Gasteiger charge is 2.08. The molecule has 0 radical (unpaired) electrons. The summed E-state index contributed by atoms with van der Waals surface area (Å²) in [5.41, 5.74) is 1.21. The number of nitrogens with one attached hydrogen (secondary N) is 2. The third-order valence-corrected chi connectivity index (χ3v) is 4.97. The van der Waals surface area contributed by atoms with E-state index in [1.807, 2.05) is 0 Å². The summed E-state index contributed by atoms with van der Waals surface area (Å²) in [7, 11) is 4.96. The van der Waals surface area contributed by atoms with Crippen molar-refractivity contribution >= 4 is 34.5 Å². The molecule has 0 aliphatic heterocycles. The highest BCUT2D eigenvalue weighted by Crippen LogP contribution is 2.22. The molecule has 2 aromatic carbocycles. The van der Waals surface area contributed by atoms with E-state index in [0.717, 1.165) is 16.7 Å². The number of carbonyl (C=O) groups excluding carboxylic acids is 3. The van der Waals surface area contributed by atoms with Crippen LogP contribution in [0.15, 0.2) is 53.4 Å². The van der Waals surface area contributed by atoms with Crippen LogP contribution >= 0.6 is 11.8 Å². The quantitative estimate of drug-likeness (QED) is 0.508. The Kier molecular flexibility index (Phi) is 8.54. The van der Waals surface area contributed by atoms with Gasteiger partial charge in [-0.2, -0.15) is 0 Å². The van der Waals surface area contributed by atoms with Crippen LogP contribution in [0.25, 0.3) is 0 Å². The number of thioether (sulfide) groups is 1. The minimum Gasteiger partial charge on any atom is -0.497 e. The van der Waals surface area contributed by atoms with Gasteiger partial charge in [-0.25, -0.2) is 0 Å². The molecule has 2 N–H and O–H groups in total. The Morgan fingerprint density at radius 3 is 2.24 bits per heavy atom. The van der Waals surface area contributed by atoms with Crippen LogP contribution in [-0.2, 0) is 4.79 Å². The van der Waals surface area contributed by atoms with Gasteiger partial charge < -0.3 is 20.3 Å². The van der Waals surface area contributed by atoms with Crippen molar-refractivity contribution in [1.82, 2.24) is 10.2 Å². The first kappa shape index (κ1) is 22.3. The molecule has 2 aromatic rings. The maximum atomic E-state index is 12.0. The van der Waals surface area contributed by atoms with E-state index in [-0.39, 0.29) is 17.1 Å². The van der Waals surface area contributed by atoms with E-state index in [0.29, 0.717) is 36.4 Å². The van der Waals surface area contributed by atoms with Crippen molar-refractivity contribution in [2.45, 2.75) is 17.7 Å². The molecular weight excluding hydrogens is 390 g/mol. The number of amides is 3. The van der Waals surface area contributed by atoms with Crippen LogP contribution in [0.5, 0.6) is 5.75 Å². The van der Waals surface area contributed by atoms with Crippen molar-refractivity contribution in [3.05, 3.63) is 54.1 Å². The second-order valence-electron chi connectivity index (χ2n) is 6.42. The van der Waals surface area contributed by atoms with Gasteiger partial charge in [0.05, 0.1) is 7.11 Å². The van der Waals surface area contributed by atoms with Crippen LogP contribution in [0.3, 0.4) is 0 Å². The largest absolute Gasteiger partial charge is 0.497 e. The smallest absolute Gasteiger partial charge is 0.285 e. The molecular formula is C21H25N3O4S. The molecule has 0 bridgehead atoms. The number of anilines is 1. The van der Waals surface area contributed by atoms with Crippen LogP contribution in [0, 0.1) is 0 Å². The van der Waals surface area contributed by atoms with Crippen LogP contribution < -0.4 is 15.4 Å². The SMILES string of the molecule is COc1ccc(C(=O)NCCCC(=O)Nc2ccc(SC(=O)N(C)C)cc2)cc1. The third kappa shape index (κ3) is 7.50. The van der Waals surface area contributed by atoms with E-state index in [4.69, 9.17) is 4.74 Å². The summed E-state index contributed by atoms with van der Waals surface area (Å²) in [4.78, 5) is 38.1. The van der Waals surface area contributed by atoms with Crippen LogP contribution in [0.2, 0.25) is 0 Å². The van der Waals surface area contributed by atoms with Crippen LogP contribution in [0.1, 0.15) is 23.2 Å². The van der Waals surface area contributed by atoms with Crippen molar-refractivity contribution in [2.24, 2.45) is 0 Å². The summed E-state index contributed by atoms with van der Waals surface area (Å²) in [6, 6.07) is 13.9. The lowest BCUT2D eigenvalue weighted by Crippen LogP contribution is -2.25. The highest BCUT2D eigenvalue weighted by molar-refractivity contribution is 8.13. The predicted molar refractivity (Wildman–Crippen MR) is 115 cm³/mol. The molecule has 0 aromatic heterocycles. The zero-order valence-electron chi connectivity index (χ0n) is 16.7. The third-order valence-electron chi connectivity index (χ3n) is 3.93. The number of nitrogens with zero attached hydrogens (tertiary/aromatic N) is 1. The minimum atomic E-state index is -0.187. The van der Waals surface area contributed by atoms with Crippen LogP contribution in [-0.4, -0.2) is 49.7 Å². The monoisotopic (exact) mass is 415 g/mol. The van der Waals surface area contributed by atoms with Crippen molar-refractivity contribution < 1.29 is 19.1 Å². The number of hydrogen-bond acceptors (Lipinski definition) is 5. The normalized spacial score (nSPS) is 10.2. The van der Waals surface area contributed by atoms with Gasteiger partial charge in [-0.3, -0.25) is 14.4 Å². The van der Waals surface area contributed by atoms with Gasteiger partial charge in [0.1, 0.15) is 5.75 Å². The molecule has 0 saturated heterocycles. The summed E-state index contributed by atoms with van der Waals surface area (Å²) in [5.74, 6) is 0.371. The molecule has 0 aliphatic carbocycles. The second kappa shape index (κ2) is 11.1. The number of hydrogen-bond donors (Lipinski definition) is 2. The first-order chi connectivity index (χ1) is 13.9. The van der Waals surface area contributed by atoms with Crippen molar-refractivity contribution in [2.75, 3.05) is 33.1 Å². The lowest BCUT2D eigenvalue weighted by atomic mass is 10.2. The molecule has 8 heteroatoms. The van der Waals surface area contributed by atoms with E-state index >= 15 is 0 Å². The molecule has 29 heavy (non-hydrogen) atoms. The van der Waals surface area contributed by atoms with Gasteiger partial charge in [-0.05, 0) is 66.7 Å². The molecule has 2 rings (SSSR count). The average molecular weight is 416 g/mol. The number of benzene rings is 2. The van der Waals surface area contributed by atoms with Gasteiger partial charge in [-0.15, -0.1) is 0 Å². The number of rotatable bonds is 8. The van der Waals surface area contributed by atoms with Crippen molar-refractivity contribution in [1.29, 1.82) is 0 Å². The highest BCUT2D eigenvalue weighted by atomic mass is 32.2. The summed E-state index contributed by atoms with van der Waals surface area (Å²) >= 11 is 1.13. The van der Waals surface area contributed by atoms with Crippen molar-refractivity contribution in [3.63, 3.8) is 0 Å². The zero-order chi connectivity index (χ0) is 21.2. The molecule has 154 valence electrons. The number of carbonyl (C=O) groups is 3. The molecule has 0 atom stereocenters. The molecule has 0 unspecified atom stereocenters. The molecule has 0 fully saturated rings. The standard InChI is InChI=1S/C21H25N3O4S/c1-24(2)21(27)29-18-12-8-16(9-13-18)23-19(25)5-4-14-22-20(26)15-6-10-17(28-3)11-7-15/h6-13H,4-5,14H2,1-3H3,(H,22,26)(H,23,25). The van der Waals surface area contributed by atoms with E-state index < -0.39 is 0 Å². The minimum absolute atomic E-state index is 0.0570. The zero-order valence-corrected chi connectivity index (χ0v) is 17.5. The van der Waals surface area contributed by atoms with Gasteiger partial charge in [0.25, 0.3) is 11.1 Å². The molecule has 7 nitrogen and oxygen atoms in total. The second-order valence-corrected chi connectivity index (χ2v) is 7.45. The van der Waals surface area contributed by atoms with E-state index in [2.05, 4.69) is 10.6 Å². The Morgan fingerprint density at radius 1 is 1.00 bits per heavy atom. The Balaban J connectivity index is 1.70. The van der Waals surface area contributed by atoms with E-state index in [9.17, 15) is 14.4 Å². The molecule has 3 amide bonds. The van der Waals surface area contributed by atoms with E-state index in [1.165, 1.54) is 4.90 Å². The topological polar surface area (TPSA) is 87.7 Å². The molecule has 0 aliphatic rings. The summed E-state index contributed by atoms with van der Waals surface area (Å²) < 4.78 is 5.06. The average Bonchev–Trinajstić information content (AvgIpc) is 2.72. The van der Waals surface area contributed by atoms with Crippen molar-refractivity contribution in [3.8, 4) is 5.75 Å². The lowest BCUT2D eigenvalue weighted by molar-refractivity contribution is -0.116. The van der Waals surface area contributed by atoms with Gasteiger partial charge >= 0.3 is 0 Å². The first-order valence-corrected chi connectivity index (χ1v) is 9.92. The Bertz CT molecular complexity index is 836. The summed E-state index contributed by atoms with van der Waals surface area (Å²) in [5, 5.41) is 5.54. The molecule has 0 saturated carbocycles. The Labute approximate surface area is 174 Å². The van der Waals surface area contributed by atoms with E-state index in [1.54, 1.807) is 69.7 Å². The lowest BCUT2D eigenvalue weighted by Gasteiger charge is -2.10. The number of methoxy groups -OCH3 is 1. The number of ether oxygens (including phenoxy) is 1. The van der Waals surface area contributed by atoms with Gasteiger partial charge in [-0.1, -0.05) is 0 Å². The fraction of sp³-hybridized carbons (Fsp3) is 0.286.